The van der Waals surface area contributed by atoms with Crippen LogP contribution in [-0.2, 0) is 4.79 Å². The van der Waals surface area contributed by atoms with Gasteiger partial charge in [-0.3, -0.25) is 9.59 Å². The molecule has 1 heterocycles. The largest absolute Gasteiger partial charge is 0.366 e. The Morgan fingerprint density at radius 3 is 2.30 bits per heavy atom. The summed E-state index contributed by atoms with van der Waals surface area (Å²) in [6, 6.07) is 15.4. The Hall–Kier alpha value is -2.89. The first-order valence-corrected chi connectivity index (χ1v) is 9.18. The zero-order chi connectivity index (χ0) is 19.2. The molecule has 3 rings (SSSR count). The van der Waals surface area contributed by atoms with E-state index in [9.17, 15) is 14.0 Å². The maximum absolute atomic E-state index is 13.9. The van der Waals surface area contributed by atoms with Crippen LogP contribution in [0.5, 0.6) is 0 Å². The number of hydrogen-bond donors (Lipinski definition) is 1. The van der Waals surface area contributed by atoms with E-state index in [1.54, 1.807) is 41.3 Å². The monoisotopic (exact) mass is 369 g/mol. The Labute approximate surface area is 158 Å². The lowest BCUT2D eigenvalue weighted by atomic mass is 10.1. The number of piperazine rings is 1. The lowest BCUT2D eigenvalue weighted by Crippen LogP contribution is -2.50. The first-order chi connectivity index (χ1) is 13.0. The SMILES string of the molecule is CC(CC(=O)N1CCN(c2ccccc2F)CC1)NC(=O)c1ccccc1. The average molecular weight is 369 g/mol. The van der Waals surface area contributed by atoms with Gasteiger partial charge < -0.3 is 15.1 Å². The van der Waals surface area contributed by atoms with Crippen molar-refractivity contribution in [2.45, 2.75) is 19.4 Å². The lowest BCUT2D eigenvalue weighted by Gasteiger charge is -2.36. The van der Waals surface area contributed by atoms with Gasteiger partial charge in [-0.05, 0) is 31.2 Å². The summed E-state index contributed by atoms with van der Waals surface area (Å²) in [7, 11) is 0. The summed E-state index contributed by atoms with van der Waals surface area (Å²) in [5, 5.41) is 2.86. The third-order valence-electron chi connectivity index (χ3n) is 4.72. The van der Waals surface area contributed by atoms with Crippen molar-refractivity contribution in [1.82, 2.24) is 10.2 Å². The molecular weight excluding hydrogens is 345 g/mol. The zero-order valence-electron chi connectivity index (χ0n) is 15.4. The Morgan fingerprint density at radius 2 is 1.63 bits per heavy atom. The van der Waals surface area contributed by atoms with E-state index in [1.807, 2.05) is 24.0 Å². The summed E-state index contributed by atoms with van der Waals surface area (Å²) in [4.78, 5) is 28.4. The molecule has 0 spiro atoms. The summed E-state index contributed by atoms with van der Waals surface area (Å²) in [5.41, 5.74) is 1.16. The molecule has 1 aliphatic heterocycles. The number of rotatable bonds is 5. The maximum Gasteiger partial charge on any atom is 0.251 e. The highest BCUT2D eigenvalue weighted by Gasteiger charge is 2.24. The minimum Gasteiger partial charge on any atom is -0.366 e. The molecule has 2 aromatic rings. The van der Waals surface area contributed by atoms with Gasteiger partial charge >= 0.3 is 0 Å². The van der Waals surface area contributed by atoms with Crippen LogP contribution >= 0.6 is 0 Å². The number of para-hydroxylation sites is 1. The molecule has 2 aromatic carbocycles. The van der Waals surface area contributed by atoms with Crippen LogP contribution in [0.3, 0.4) is 0 Å². The highest BCUT2D eigenvalue weighted by molar-refractivity contribution is 5.94. The van der Waals surface area contributed by atoms with E-state index in [1.165, 1.54) is 6.07 Å². The second-order valence-electron chi connectivity index (χ2n) is 6.76. The summed E-state index contributed by atoms with van der Waals surface area (Å²) >= 11 is 0. The Bertz CT molecular complexity index is 789. The summed E-state index contributed by atoms with van der Waals surface area (Å²) in [6.07, 6.45) is 0.248. The molecule has 1 unspecified atom stereocenters. The Balaban J connectivity index is 1.48. The summed E-state index contributed by atoms with van der Waals surface area (Å²) in [5.74, 6) is -0.418. The smallest absolute Gasteiger partial charge is 0.251 e. The van der Waals surface area contributed by atoms with Crippen molar-refractivity contribution in [3.63, 3.8) is 0 Å². The van der Waals surface area contributed by atoms with Gasteiger partial charge in [0.15, 0.2) is 0 Å². The maximum atomic E-state index is 13.9. The number of carbonyl (C=O) groups is 2. The fourth-order valence-electron chi connectivity index (χ4n) is 3.24. The molecule has 1 N–H and O–H groups in total. The molecule has 1 saturated heterocycles. The fraction of sp³-hybridized carbons (Fsp3) is 0.333. The predicted molar refractivity (Wildman–Crippen MR) is 103 cm³/mol. The molecular formula is C21H24FN3O2. The molecule has 1 atom stereocenters. The normalized spacial score (nSPS) is 15.3. The van der Waals surface area contributed by atoms with Gasteiger partial charge in [-0.25, -0.2) is 4.39 Å². The van der Waals surface area contributed by atoms with Crippen molar-refractivity contribution >= 4 is 17.5 Å². The van der Waals surface area contributed by atoms with E-state index in [-0.39, 0.29) is 30.1 Å². The molecule has 0 aromatic heterocycles. The van der Waals surface area contributed by atoms with Crippen LogP contribution < -0.4 is 10.2 Å². The first-order valence-electron chi connectivity index (χ1n) is 9.18. The molecule has 27 heavy (non-hydrogen) atoms. The van der Waals surface area contributed by atoms with Gasteiger partial charge in [0.25, 0.3) is 5.91 Å². The van der Waals surface area contributed by atoms with Crippen LogP contribution in [0.25, 0.3) is 0 Å². The van der Waals surface area contributed by atoms with Crippen molar-refractivity contribution in [1.29, 1.82) is 0 Å². The highest BCUT2D eigenvalue weighted by Crippen LogP contribution is 2.20. The molecule has 0 bridgehead atoms. The van der Waals surface area contributed by atoms with Gasteiger partial charge in [0, 0.05) is 44.2 Å². The first kappa shape index (κ1) is 18.9. The number of anilines is 1. The number of nitrogens with zero attached hydrogens (tertiary/aromatic N) is 2. The quantitative estimate of drug-likeness (QED) is 0.882. The van der Waals surface area contributed by atoms with Crippen molar-refractivity contribution < 1.29 is 14.0 Å². The van der Waals surface area contributed by atoms with Gasteiger partial charge in [-0.1, -0.05) is 30.3 Å². The third-order valence-corrected chi connectivity index (χ3v) is 4.72. The zero-order valence-corrected chi connectivity index (χ0v) is 15.4. The van der Waals surface area contributed by atoms with Gasteiger partial charge in [-0.2, -0.15) is 0 Å². The van der Waals surface area contributed by atoms with E-state index in [2.05, 4.69) is 5.32 Å². The molecule has 1 fully saturated rings. The fourth-order valence-corrected chi connectivity index (χ4v) is 3.24. The van der Waals surface area contributed by atoms with Crippen molar-refractivity contribution in [2.24, 2.45) is 0 Å². The molecule has 0 saturated carbocycles. The number of benzene rings is 2. The van der Waals surface area contributed by atoms with Crippen molar-refractivity contribution in [3.05, 3.63) is 66.0 Å². The van der Waals surface area contributed by atoms with Crippen LogP contribution in [0, 0.1) is 5.82 Å². The molecule has 1 aliphatic rings. The van der Waals surface area contributed by atoms with E-state index >= 15 is 0 Å². The van der Waals surface area contributed by atoms with Gasteiger partial charge in [0.2, 0.25) is 5.91 Å². The molecule has 2 amide bonds. The van der Waals surface area contributed by atoms with Crippen molar-refractivity contribution in [3.8, 4) is 0 Å². The lowest BCUT2D eigenvalue weighted by molar-refractivity contribution is -0.131. The van der Waals surface area contributed by atoms with Gasteiger partial charge in [0.1, 0.15) is 5.82 Å². The van der Waals surface area contributed by atoms with Gasteiger partial charge in [0.05, 0.1) is 5.69 Å². The number of amides is 2. The second kappa shape index (κ2) is 8.66. The molecule has 142 valence electrons. The third kappa shape index (κ3) is 4.84. The van der Waals surface area contributed by atoms with E-state index in [0.717, 1.165) is 0 Å². The minimum atomic E-state index is -0.255. The standard InChI is InChI=1S/C21H24FN3O2/c1-16(23-21(27)17-7-3-2-4-8-17)15-20(26)25-13-11-24(12-14-25)19-10-6-5-9-18(19)22/h2-10,16H,11-15H2,1H3,(H,23,27). The second-order valence-corrected chi connectivity index (χ2v) is 6.76. The van der Waals surface area contributed by atoms with Gasteiger partial charge in [-0.15, -0.1) is 0 Å². The molecule has 6 heteroatoms. The van der Waals surface area contributed by atoms with Crippen LogP contribution in [0.15, 0.2) is 54.6 Å². The van der Waals surface area contributed by atoms with Crippen LogP contribution in [0.4, 0.5) is 10.1 Å². The average Bonchev–Trinajstić information content (AvgIpc) is 2.69. The molecule has 0 aliphatic carbocycles. The van der Waals surface area contributed by atoms with Crippen LogP contribution in [0.2, 0.25) is 0 Å². The van der Waals surface area contributed by atoms with Crippen molar-refractivity contribution in [2.75, 3.05) is 31.1 Å². The summed E-state index contributed by atoms with van der Waals surface area (Å²) < 4.78 is 13.9. The van der Waals surface area contributed by atoms with Crippen LogP contribution in [-0.4, -0.2) is 48.9 Å². The van der Waals surface area contributed by atoms with Crippen LogP contribution in [0.1, 0.15) is 23.7 Å². The topological polar surface area (TPSA) is 52.7 Å². The number of hydrogen-bond acceptors (Lipinski definition) is 3. The molecule has 0 radical (unpaired) electrons. The van der Waals surface area contributed by atoms with E-state index in [0.29, 0.717) is 37.4 Å². The minimum absolute atomic E-state index is 0.00375. The predicted octanol–water partition coefficient (Wildman–Crippen LogP) is 2.68. The Kier molecular flexibility index (Phi) is 6.06. The van der Waals surface area contributed by atoms with E-state index in [4.69, 9.17) is 0 Å². The van der Waals surface area contributed by atoms with E-state index < -0.39 is 0 Å². The summed E-state index contributed by atoms with van der Waals surface area (Å²) in [6.45, 7) is 4.11. The number of nitrogens with one attached hydrogen (secondary N) is 1. The number of halogens is 1. The highest BCUT2D eigenvalue weighted by atomic mass is 19.1. The number of carbonyl (C=O) groups excluding carboxylic acids is 2. The molecule has 5 nitrogen and oxygen atoms in total. The Morgan fingerprint density at radius 1 is 1.00 bits per heavy atom.